The van der Waals surface area contributed by atoms with Crippen LogP contribution in [0.15, 0.2) is 54.6 Å². The molecule has 1 amide bonds. The van der Waals surface area contributed by atoms with Crippen LogP contribution in [0.1, 0.15) is 35.3 Å². The van der Waals surface area contributed by atoms with E-state index in [-0.39, 0.29) is 17.1 Å². The van der Waals surface area contributed by atoms with Crippen molar-refractivity contribution in [1.29, 1.82) is 0 Å². The second-order valence-corrected chi connectivity index (χ2v) is 7.02. The number of amides is 1. The van der Waals surface area contributed by atoms with Gasteiger partial charge in [-0.1, -0.05) is 38.1 Å². The van der Waals surface area contributed by atoms with Gasteiger partial charge in [-0.25, -0.2) is 4.39 Å². The fourth-order valence-corrected chi connectivity index (χ4v) is 3.67. The molecule has 0 bridgehead atoms. The zero-order chi connectivity index (χ0) is 16.9. The van der Waals surface area contributed by atoms with E-state index in [0.717, 1.165) is 17.5 Å². The highest BCUT2D eigenvalue weighted by Gasteiger charge is 2.31. The van der Waals surface area contributed by atoms with Crippen LogP contribution in [0.5, 0.6) is 0 Å². The quantitative estimate of drug-likeness (QED) is 0.702. The number of carbonyl (C=O) groups excluding carboxylic acids is 1. The molecule has 0 spiro atoms. The summed E-state index contributed by atoms with van der Waals surface area (Å²) >= 11 is 0. The Morgan fingerprint density at radius 3 is 2.54 bits per heavy atom. The van der Waals surface area contributed by atoms with Crippen LogP contribution in [0.4, 0.5) is 10.1 Å². The van der Waals surface area contributed by atoms with E-state index >= 15 is 0 Å². The summed E-state index contributed by atoms with van der Waals surface area (Å²) < 4.78 is 13.0. The van der Waals surface area contributed by atoms with Crippen molar-refractivity contribution in [3.63, 3.8) is 0 Å². The minimum Gasteiger partial charge on any atom is -0.321 e. The predicted molar refractivity (Wildman–Crippen MR) is 95.0 cm³/mol. The largest absolute Gasteiger partial charge is 0.321 e. The first-order valence-electron chi connectivity index (χ1n) is 8.08. The second-order valence-electron chi connectivity index (χ2n) is 7.02. The molecule has 0 fully saturated rings. The minimum atomic E-state index is -0.348. The molecule has 0 aliphatic heterocycles. The summed E-state index contributed by atoms with van der Waals surface area (Å²) in [5, 5.41) is 5.28. The molecule has 3 aromatic rings. The van der Waals surface area contributed by atoms with Gasteiger partial charge in [0.05, 0.1) is 0 Å². The highest BCUT2D eigenvalue weighted by atomic mass is 19.1. The smallest absolute Gasteiger partial charge is 0.255 e. The molecular weight excluding hydrogens is 301 g/mol. The number of hydrogen-bond acceptors (Lipinski definition) is 1. The van der Waals surface area contributed by atoms with E-state index in [1.165, 1.54) is 40.8 Å². The summed E-state index contributed by atoms with van der Waals surface area (Å²) in [6.07, 6.45) is 1.01. The normalized spacial score (nSPS) is 14.8. The molecule has 1 aliphatic rings. The van der Waals surface area contributed by atoms with Crippen molar-refractivity contribution in [1.82, 2.24) is 0 Å². The van der Waals surface area contributed by atoms with Gasteiger partial charge in [-0.3, -0.25) is 4.79 Å². The van der Waals surface area contributed by atoms with Gasteiger partial charge in [-0.05, 0) is 58.7 Å². The first-order chi connectivity index (χ1) is 11.5. The molecule has 24 heavy (non-hydrogen) atoms. The number of anilines is 1. The van der Waals surface area contributed by atoms with Crippen molar-refractivity contribution >= 4 is 22.4 Å². The third-order valence-corrected chi connectivity index (χ3v) is 4.84. The van der Waals surface area contributed by atoms with Crippen LogP contribution in [-0.4, -0.2) is 5.91 Å². The summed E-state index contributed by atoms with van der Waals surface area (Å²) in [4.78, 5) is 12.4. The zero-order valence-electron chi connectivity index (χ0n) is 13.7. The van der Waals surface area contributed by atoms with Crippen molar-refractivity contribution < 1.29 is 9.18 Å². The Balaban J connectivity index is 1.77. The minimum absolute atomic E-state index is 0.113. The maximum Gasteiger partial charge on any atom is 0.255 e. The predicted octanol–water partition coefficient (Wildman–Crippen LogP) is 5.06. The van der Waals surface area contributed by atoms with Gasteiger partial charge in [-0.15, -0.1) is 0 Å². The van der Waals surface area contributed by atoms with Crippen molar-refractivity contribution in [2.75, 3.05) is 5.32 Å². The lowest BCUT2D eigenvalue weighted by Gasteiger charge is -2.19. The van der Waals surface area contributed by atoms with Gasteiger partial charge >= 0.3 is 0 Å². The van der Waals surface area contributed by atoms with E-state index in [9.17, 15) is 9.18 Å². The average molecular weight is 319 g/mol. The van der Waals surface area contributed by atoms with Gasteiger partial charge < -0.3 is 5.32 Å². The Hall–Kier alpha value is -2.68. The van der Waals surface area contributed by atoms with Crippen LogP contribution in [0.2, 0.25) is 0 Å². The summed E-state index contributed by atoms with van der Waals surface area (Å²) in [5.74, 6) is -0.577. The number of nitrogens with one attached hydrogen (secondary N) is 1. The van der Waals surface area contributed by atoms with Crippen LogP contribution in [0.3, 0.4) is 0 Å². The van der Waals surface area contributed by atoms with Crippen LogP contribution >= 0.6 is 0 Å². The van der Waals surface area contributed by atoms with Gasteiger partial charge in [0.1, 0.15) is 5.82 Å². The Labute approximate surface area is 140 Å². The molecule has 3 heteroatoms. The standard InChI is InChI=1S/C21H18FNO/c1-21(2)12-14-4-3-5-16-18(11-10-17(21)19(14)16)23-20(24)13-6-8-15(22)9-7-13/h3-11H,12H2,1-2H3,(H,23,24). The molecule has 120 valence electrons. The fraction of sp³-hybridized carbons (Fsp3) is 0.190. The molecule has 0 atom stereocenters. The van der Waals surface area contributed by atoms with Gasteiger partial charge in [0.15, 0.2) is 0 Å². The van der Waals surface area contributed by atoms with E-state index in [2.05, 4.69) is 31.3 Å². The Bertz CT molecular complexity index is 957. The molecule has 0 radical (unpaired) electrons. The Morgan fingerprint density at radius 1 is 1.04 bits per heavy atom. The monoisotopic (exact) mass is 319 g/mol. The Morgan fingerprint density at radius 2 is 1.79 bits per heavy atom. The summed E-state index contributed by atoms with van der Waals surface area (Å²) in [6, 6.07) is 15.9. The number of benzene rings is 3. The third-order valence-electron chi connectivity index (χ3n) is 4.84. The zero-order valence-corrected chi connectivity index (χ0v) is 13.7. The van der Waals surface area contributed by atoms with E-state index in [0.29, 0.717) is 5.56 Å². The van der Waals surface area contributed by atoms with Crippen molar-refractivity contribution in [3.8, 4) is 0 Å². The first-order valence-corrected chi connectivity index (χ1v) is 8.08. The molecule has 0 saturated heterocycles. The van der Waals surface area contributed by atoms with E-state index < -0.39 is 0 Å². The van der Waals surface area contributed by atoms with Crippen molar-refractivity contribution in [2.24, 2.45) is 0 Å². The maximum absolute atomic E-state index is 13.0. The summed E-state index contributed by atoms with van der Waals surface area (Å²) in [6.45, 7) is 4.50. The molecule has 2 nitrogen and oxygen atoms in total. The number of hydrogen-bond donors (Lipinski definition) is 1. The van der Waals surface area contributed by atoms with Gasteiger partial charge in [-0.2, -0.15) is 0 Å². The lowest BCUT2D eigenvalue weighted by molar-refractivity contribution is 0.102. The number of rotatable bonds is 2. The molecule has 4 rings (SSSR count). The van der Waals surface area contributed by atoms with Gasteiger partial charge in [0.2, 0.25) is 0 Å². The van der Waals surface area contributed by atoms with Gasteiger partial charge in [0.25, 0.3) is 5.91 Å². The molecule has 0 heterocycles. The molecule has 3 aromatic carbocycles. The molecule has 0 unspecified atom stereocenters. The molecule has 0 saturated carbocycles. The average Bonchev–Trinajstić information content (AvgIpc) is 2.82. The van der Waals surface area contributed by atoms with Crippen LogP contribution in [-0.2, 0) is 11.8 Å². The highest BCUT2D eigenvalue weighted by molar-refractivity contribution is 6.10. The summed E-state index contributed by atoms with van der Waals surface area (Å²) in [7, 11) is 0. The van der Waals surface area contributed by atoms with Crippen LogP contribution in [0.25, 0.3) is 10.8 Å². The SMILES string of the molecule is CC1(C)Cc2cccc3c(NC(=O)c4ccc(F)cc4)ccc1c23. The van der Waals surface area contributed by atoms with Gasteiger partial charge in [0, 0.05) is 16.6 Å². The summed E-state index contributed by atoms with van der Waals surface area (Å²) in [5.41, 5.74) is 4.00. The molecule has 1 aliphatic carbocycles. The van der Waals surface area contributed by atoms with Crippen molar-refractivity contribution in [3.05, 3.63) is 77.1 Å². The molecule has 0 aromatic heterocycles. The molecular formula is C21H18FNO. The maximum atomic E-state index is 13.0. The van der Waals surface area contributed by atoms with Crippen molar-refractivity contribution in [2.45, 2.75) is 25.7 Å². The fourth-order valence-electron chi connectivity index (χ4n) is 3.67. The van der Waals surface area contributed by atoms with E-state index in [1.54, 1.807) is 0 Å². The van der Waals surface area contributed by atoms with Crippen LogP contribution < -0.4 is 5.32 Å². The van der Waals surface area contributed by atoms with E-state index in [1.807, 2.05) is 18.2 Å². The topological polar surface area (TPSA) is 29.1 Å². The lowest BCUT2D eigenvalue weighted by Crippen LogP contribution is -2.15. The molecule has 1 N–H and O–H groups in total. The highest BCUT2D eigenvalue weighted by Crippen LogP contribution is 2.44. The van der Waals surface area contributed by atoms with E-state index in [4.69, 9.17) is 0 Å². The number of halogens is 1. The first kappa shape index (κ1) is 14.9. The second kappa shape index (κ2) is 5.17. The Kier molecular flexibility index (Phi) is 3.20. The third kappa shape index (κ3) is 2.28. The lowest BCUT2D eigenvalue weighted by atomic mass is 9.85. The van der Waals surface area contributed by atoms with Crippen LogP contribution in [0, 0.1) is 5.82 Å². The number of carbonyl (C=O) groups is 1.